The van der Waals surface area contributed by atoms with Gasteiger partial charge in [0.25, 0.3) is 5.56 Å². The minimum atomic E-state index is -1.12. The van der Waals surface area contributed by atoms with E-state index in [9.17, 15) is 14.7 Å². The summed E-state index contributed by atoms with van der Waals surface area (Å²) in [4.78, 5) is 26.8. The standard InChI is InChI=1S/C18H19N3O3/c1-4-5-13-15(18(23)24)20-21-9-14(19-17(22)16(13)21)12-7-6-10(2)11(3)8-12/h6-9H,4-5H2,1-3H3,(H,19,22)(H,23,24). The molecule has 6 nitrogen and oxygen atoms in total. The zero-order valence-corrected chi connectivity index (χ0v) is 13.9. The molecule has 0 saturated heterocycles. The molecule has 0 bridgehead atoms. The fourth-order valence-electron chi connectivity index (χ4n) is 2.85. The normalized spacial score (nSPS) is 11.1. The predicted octanol–water partition coefficient (Wildman–Crippen LogP) is 2.96. The number of carbonyl (C=O) groups is 1. The first kappa shape index (κ1) is 16.0. The maximum Gasteiger partial charge on any atom is 0.356 e. The van der Waals surface area contributed by atoms with Crippen LogP contribution in [0.2, 0.25) is 0 Å². The van der Waals surface area contributed by atoms with Gasteiger partial charge in [-0.3, -0.25) is 4.79 Å². The first-order valence-electron chi connectivity index (χ1n) is 7.87. The van der Waals surface area contributed by atoms with Gasteiger partial charge in [-0.15, -0.1) is 0 Å². The quantitative estimate of drug-likeness (QED) is 0.772. The summed E-state index contributed by atoms with van der Waals surface area (Å²) in [6.07, 6.45) is 2.91. The molecule has 0 spiro atoms. The molecule has 2 heterocycles. The average molecular weight is 325 g/mol. The second-order valence-electron chi connectivity index (χ2n) is 5.97. The number of hydrogen-bond acceptors (Lipinski definition) is 3. The lowest BCUT2D eigenvalue weighted by atomic mass is 10.0. The van der Waals surface area contributed by atoms with E-state index in [1.807, 2.05) is 39.0 Å². The van der Waals surface area contributed by atoms with Crippen LogP contribution in [0.1, 0.15) is 40.5 Å². The smallest absolute Gasteiger partial charge is 0.356 e. The number of aromatic amines is 1. The van der Waals surface area contributed by atoms with Crippen LogP contribution in [-0.4, -0.2) is 25.7 Å². The Balaban J connectivity index is 2.25. The molecule has 3 aromatic rings. The largest absolute Gasteiger partial charge is 0.476 e. The van der Waals surface area contributed by atoms with Gasteiger partial charge in [0, 0.05) is 5.56 Å². The Bertz CT molecular complexity index is 999. The fraction of sp³-hybridized carbons (Fsp3) is 0.278. The summed E-state index contributed by atoms with van der Waals surface area (Å²) in [6, 6.07) is 5.90. The molecule has 2 aromatic heterocycles. The van der Waals surface area contributed by atoms with E-state index >= 15 is 0 Å². The summed E-state index contributed by atoms with van der Waals surface area (Å²) < 4.78 is 1.39. The van der Waals surface area contributed by atoms with Crippen LogP contribution in [0.4, 0.5) is 0 Å². The van der Waals surface area contributed by atoms with Crippen molar-refractivity contribution in [2.75, 3.05) is 0 Å². The minimum Gasteiger partial charge on any atom is -0.476 e. The number of aromatic carboxylic acids is 1. The van der Waals surface area contributed by atoms with Gasteiger partial charge in [0.05, 0.1) is 11.9 Å². The van der Waals surface area contributed by atoms with Gasteiger partial charge >= 0.3 is 5.97 Å². The number of H-pyrrole nitrogens is 1. The topological polar surface area (TPSA) is 87.5 Å². The summed E-state index contributed by atoms with van der Waals surface area (Å²) in [7, 11) is 0. The Morgan fingerprint density at radius 2 is 2.04 bits per heavy atom. The molecule has 6 heteroatoms. The molecule has 0 amide bonds. The number of carboxylic acid groups (broad SMARTS) is 1. The lowest BCUT2D eigenvalue weighted by Crippen LogP contribution is -2.12. The highest BCUT2D eigenvalue weighted by atomic mass is 16.4. The molecule has 0 aliphatic carbocycles. The molecule has 0 aliphatic rings. The lowest BCUT2D eigenvalue weighted by molar-refractivity contribution is 0.0689. The molecule has 124 valence electrons. The van der Waals surface area contributed by atoms with Crippen molar-refractivity contribution in [3.05, 3.63) is 57.1 Å². The molecular formula is C18H19N3O3. The Labute approximate surface area is 138 Å². The summed E-state index contributed by atoms with van der Waals surface area (Å²) in [5.74, 6) is -1.12. The number of nitrogens with one attached hydrogen (secondary N) is 1. The number of fused-ring (bicyclic) bond motifs is 1. The van der Waals surface area contributed by atoms with E-state index in [0.29, 0.717) is 23.2 Å². The maximum absolute atomic E-state index is 12.5. The van der Waals surface area contributed by atoms with Crippen molar-refractivity contribution >= 4 is 11.5 Å². The SMILES string of the molecule is CCCc1c(C(=O)O)nn2cc(-c3ccc(C)c(C)c3)[nH]c(=O)c12. The van der Waals surface area contributed by atoms with Crippen molar-refractivity contribution in [2.45, 2.75) is 33.6 Å². The van der Waals surface area contributed by atoms with Gasteiger partial charge in [-0.25, -0.2) is 9.31 Å². The first-order valence-corrected chi connectivity index (χ1v) is 7.87. The third-order valence-corrected chi connectivity index (χ3v) is 4.24. The number of aromatic nitrogens is 3. The number of nitrogens with zero attached hydrogens (tertiary/aromatic N) is 2. The number of hydrogen-bond donors (Lipinski definition) is 2. The molecule has 0 aliphatic heterocycles. The highest BCUT2D eigenvalue weighted by Crippen LogP contribution is 2.21. The Morgan fingerprint density at radius 3 is 2.67 bits per heavy atom. The van der Waals surface area contributed by atoms with Gasteiger partial charge < -0.3 is 10.1 Å². The van der Waals surface area contributed by atoms with E-state index in [4.69, 9.17) is 0 Å². The van der Waals surface area contributed by atoms with Crippen LogP contribution in [-0.2, 0) is 6.42 Å². The maximum atomic E-state index is 12.5. The Morgan fingerprint density at radius 1 is 1.29 bits per heavy atom. The van der Waals surface area contributed by atoms with Crippen LogP contribution in [0.3, 0.4) is 0 Å². The summed E-state index contributed by atoms with van der Waals surface area (Å²) in [5, 5.41) is 13.5. The second kappa shape index (κ2) is 5.96. The van der Waals surface area contributed by atoms with Crippen molar-refractivity contribution < 1.29 is 9.90 Å². The molecule has 24 heavy (non-hydrogen) atoms. The minimum absolute atomic E-state index is 0.0559. The first-order chi connectivity index (χ1) is 11.4. The molecule has 3 rings (SSSR count). The zero-order chi connectivity index (χ0) is 17.4. The summed E-state index contributed by atoms with van der Waals surface area (Å²) in [6.45, 7) is 5.97. The van der Waals surface area contributed by atoms with Gasteiger partial charge in [-0.05, 0) is 43.0 Å². The van der Waals surface area contributed by atoms with Gasteiger partial charge in [0.15, 0.2) is 5.69 Å². The highest BCUT2D eigenvalue weighted by molar-refractivity contribution is 5.89. The van der Waals surface area contributed by atoms with E-state index < -0.39 is 5.97 Å². The zero-order valence-electron chi connectivity index (χ0n) is 13.9. The van der Waals surface area contributed by atoms with Crippen molar-refractivity contribution in [3.63, 3.8) is 0 Å². The van der Waals surface area contributed by atoms with E-state index in [1.165, 1.54) is 10.1 Å². The van der Waals surface area contributed by atoms with Crippen LogP contribution in [0.15, 0.2) is 29.2 Å². The summed E-state index contributed by atoms with van der Waals surface area (Å²) in [5.41, 5.74) is 4.17. The Kier molecular flexibility index (Phi) is 3.97. The van der Waals surface area contributed by atoms with Gasteiger partial charge in [-0.2, -0.15) is 5.10 Å². The van der Waals surface area contributed by atoms with E-state index in [0.717, 1.165) is 17.5 Å². The van der Waals surface area contributed by atoms with E-state index in [-0.39, 0.29) is 11.3 Å². The van der Waals surface area contributed by atoms with Crippen LogP contribution < -0.4 is 5.56 Å². The molecule has 0 unspecified atom stereocenters. The Hall–Kier alpha value is -2.89. The number of aryl methyl sites for hydroxylation is 3. The molecule has 0 fully saturated rings. The highest BCUT2D eigenvalue weighted by Gasteiger charge is 2.20. The van der Waals surface area contributed by atoms with Crippen LogP contribution >= 0.6 is 0 Å². The lowest BCUT2D eigenvalue weighted by Gasteiger charge is -2.06. The molecule has 2 N–H and O–H groups in total. The van der Waals surface area contributed by atoms with Gasteiger partial charge in [0.1, 0.15) is 5.52 Å². The number of carboxylic acids is 1. The van der Waals surface area contributed by atoms with Crippen LogP contribution in [0, 0.1) is 13.8 Å². The predicted molar refractivity (Wildman–Crippen MR) is 91.7 cm³/mol. The van der Waals surface area contributed by atoms with E-state index in [2.05, 4.69) is 10.1 Å². The molecular weight excluding hydrogens is 306 g/mol. The van der Waals surface area contributed by atoms with Crippen molar-refractivity contribution in [2.24, 2.45) is 0 Å². The van der Waals surface area contributed by atoms with Gasteiger partial charge in [0.2, 0.25) is 0 Å². The van der Waals surface area contributed by atoms with Crippen molar-refractivity contribution in [1.82, 2.24) is 14.6 Å². The van der Waals surface area contributed by atoms with Crippen LogP contribution in [0.25, 0.3) is 16.8 Å². The second-order valence-corrected chi connectivity index (χ2v) is 5.97. The van der Waals surface area contributed by atoms with Crippen LogP contribution in [0.5, 0.6) is 0 Å². The van der Waals surface area contributed by atoms with Gasteiger partial charge in [-0.1, -0.05) is 25.5 Å². The number of benzene rings is 1. The van der Waals surface area contributed by atoms with Crippen molar-refractivity contribution in [3.8, 4) is 11.3 Å². The third kappa shape index (κ3) is 2.60. The number of rotatable bonds is 4. The third-order valence-electron chi connectivity index (χ3n) is 4.24. The molecule has 0 saturated carbocycles. The monoisotopic (exact) mass is 325 g/mol. The average Bonchev–Trinajstić information content (AvgIpc) is 2.90. The molecule has 0 radical (unpaired) electrons. The fourth-order valence-corrected chi connectivity index (χ4v) is 2.85. The molecule has 0 atom stereocenters. The van der Waals surface area contributed by atoms with Crippen molar-refractivity contribution in [1.29, 1.82) is 0 Å². The summed E-state index contributed by atoms with van der Waals surface area (Å²) >= 11 is 0. The van der Waals surface area contributed by atoms with E-state index in [1.54, 1.807) is 6.20 Å². The molecule has 1 aromatic carbocycles.